The zero-order valence-electron chi connectivity index (χ0n) is 16.8. The summed E-state index contributed by atoms with van der Waals surface area (Å²) in [6.45, 7) is 3.38. The van der Waals surface area contributed by atoms with E-state index in [9.17, 15) is 9.59 Å². The number of hydrogen-bond acceptors (Lipinski definition) is 5. The second-order valence-corrected chi connectivity index (χ2v) is 7.54. The summed E-state index contributed by atoms with van der Waals surface area (Å²) in [5.74, 6) is -1.18. The molecule has 0 fully saturated rings. The molecule has 0 atom stereocenters. The summed E-state index contributed by atoms with van der Waals surface area (Å²) in [7, 11) is 0. The first-order valence-electron chi connectivity index (χ1n) is 9.24. The Hall–Kier alpha value is -3.34. The summed E-state index contributed by atoms with van der Waals surface area (Å²) in [6, 6.07) is 13.8. The molecule has 0 aliphatic carbocycles. The van der Waals surface area contributed by atoms with E-state index in [4.69, 9.17) is 33.2 Å². The monoisotopic (exact) mass is 456 g/mol. The van der Waals surface area contributed by atoms with E-state index < -0.39 is 18.5 Å². The van der Waals surface area contributed by atoms with Crippen molar-refractivity contribution < 1.29 is 14.3 Å². The number of nitrogens with one attached hydrogen (secondary N) is 1. The lowest BCUT2D eigenvalue weighted by molar-refractivity contribution is -0.119. The average Bonchev–Trinajstić information content (AvgIpc) is 3.01. The zero-order chi connectivity index (χ0) is 22.5. The van der Waals surface area contributed by atoms with Crippen LogP contribution in [-0.2, 0) is 16.1 Å². The van der Waals surface area contributed by atoms with Gasteiger partial charge in [0.2, 0.25) is 0 Å². The molecule has 1 N–H and O–H groups in total. The van der Waals surface area contributed by atoms with E-state index >= 15 is 0 Å². The number of aryl methyl sites for hydroxylation is 1. The molecular formula is C22H18Cl2N4O3. The molecule has 2 aromatic carbocycles. The number of nitrogens with zero attached hydrogens (tertiary/aromatic N) is 3. The van der Waals surface area contributed by atoms with Gasteiger partial charge >= 0.3 is 5.97 Å². The smallest absolute Gasteiger partial charge is 0.342 e. The number of carbonyl (C=O) groups excluding carboxylic acids is 2. The lowest BCUT2D eigenvalue weighted by Crippen LogP contribution is -2.21. The van der Waals surface area contributed by atoms with Gasteiger partial charge in [-0.1, -0.05) is 41.4 Å². The minimum atomic E-state index is -0.645. The van der Waals surface area contributed by atoms with Crippen LogP contribution >= 0.6 is 23.2 Å². The first kappa shape index (κ1) is 22.3. The molecule has 0 aliphatic heterocycles. The molecule has 0 bridgehead atoms. The largest absolute Gasteiger partial charge is 0.452 e. The SMILES string of the molecule is Cc1nn(Cc2ccccc2Cl)c(C)c1C(=O)OCC(=O)Nc1ccc(C#N)c(Cl)c1. The van der Waals surface area contributed by atoms with E-state index in [0.717, 1.165) is 5.56 Å². The maximum atomic E-state index is 12.6. The van der Waals surface area contributed by atoms with Crippen molar-refractivity contribution in [3.63, 3.8) is 0 Å². The van der Waals surface area contributed by atoms with Gasteiger partial charge in [-0.05, 0) is 43.7 Å². The third-order valence-electron chi connectivity index (χ3n) is 4.57. The minimum Gasteiger partial charge on any atom is -0.452 e. The van der Waals surface area contributed by atoms with E-state index in [-0.39, 0.29) is 5.02 Å². The van der Waals surface area contributed by atoms with Crippen LogP contribution in [0.25, 0.3) is 0 Å². The van der Waals surface area contributed by atoms with Gasteiger partial charge in [-0.3, -0.25) is 9.48 Å². The first-order chi connectivity index (χ1) is 14.8. The lowest BCUT2D eigenvalue weighted by atomic mass is 10.2. The van der Waals surface area contributed by atoms with E-state index in [1.165, 1.54) is 18.2 Å². The quantitative estimate of drug-likeness (QED) is 0.549. The van der Waals surface area contributed by atoms with Gasteiger partial charge in [-0.15, -0.1) is 0 Å². The van der Waals surface area contributed by atoms with Crippen LogP contribution in [0.1, 0.15) is 32.9 Å². The van der Waals surface area contributed by atoms with Crippen molar-refractivity contribution >= 4 is 40.8 Å². The second kappa shape index (κ2) is 9.65. The first-order valence-corrected chi connectivity index (χ1v) is 9.99. The maximum absolute atomic E-state index is 12.6. The number of benzene rings is 2. The summed E-state index contributed by atoms with van der Waals surface area (Å²) >= 11 is 12.2. The molecule has 31 heavy (non-hydrogen) atoms. The standard InChI is InChI=1S/C22H18Cl2N4O3/c1-13-21(14(2)28(27-13)11-16-5-3-4-6-18(16)23)22(30)31-12-20(29)26-17-8-7-15(10-25)19(24)9-17/h3-9H,11-12H2,1-2H3,(H,26,29). The molecule has 1 aromatic heterocycles. The van der Waals surface area contributed by atoms with Crippen molar-refractivity contribution in [1.29, 1.82) is 5.26 Å². The molecule has 7 nitrogen and oxygen atoms in total. The third-order valence-corrected chi connectivity index (χ3v) is 5.25. The zero-order valence-corrected chi connectivity index (χ0v) is 18.3. The Morgan fingerprint density at radius 1 is 1.16 bits per heavy atom. The van der Waals surface area contributed by atoms with Crippen molar-refractivity contribution in [1.82, 2.24) is 9.78 Å². The van der Waals surface area contributed by atoms with Crippen molar-refractivity contribution in [2.24, 2.45) is 0 Å². The van der Waals surface area contributed by atoms with Crippen LogP contribution in [0.3, 0.4) is 0 Å². The fraction of sp³-hybridized carbons (Fsp3) is 0.182. The van der Waals surface area contributed by atoms with Crippen LogP contribution in [0.2, 0.25) is 10.0 Å². The van der Waals surface area contributed by atoms with Crippen LogP contribution in [0, 0.1) is 25.2 Å². The predicted molar refractivity (Wildman–Crippen MR) is 117 cm³/mol. The average molecular weight is 457 g/mol. The summed E-state index contributed by atoms with van der Waals surface area (Å²) in [5.41, 5.74) is 2.97. The summed E-state index contributed by atoms with van der Waals surface area (Å²) < 4.78 is 6.84. The third kappa shape index (κ3) is 5.23. The number of amides is 1. The van der Waals surface area contributed by atoms with Crippen molar-refractivity contribution in [3.05, 3.63) is 80.6 Å². The summed E-state index contributed by atoms with van der Waals surface area (Å²) in [4.78, 5) is 24.7. The van der Waals surface area contributed by atoms with Crippen molar-refractivity contribution in [2.75, 3.05) is 11.9 Å². The number of nitriles is 1. The number of carbonyl (C=O) groups is 2. The molecule has 9 heteroatoms. The number of hydrogen-bond donors (Lipinski definition) is 1. The molecule has 1 amide bonds. The fourth-order valence-corrected chi connectivity index (χ4v) is 3.44. The van der Waals surface area contributed by atoms with E-state index in [2.05, 4.69) is 10.4 Å². The molecule has 0 saturated carbocycles. The van der Waals surface area contributed by atoms with E-state index in [1.807, 2.05) is 24.3 Å². The Kier molecular flexibility index (Phi) is 6.95. The van der Waals surface area contributed by atoms with Crippen molar-refractivity contribution in [2.45, 2.75) is 20.4 Å². The van der Waals surface area contributed by atoms with Crippen LogP contribution in [0.5, 0.6) is 0 Å². The highest BCUT2D eigenvalue weighted by molar-refractivity contribution is 6.32. The van der Waals surface area contributed by atoms with E-state index in [1.54, 1.807) is 24.6 Å². The van der Waals surface area contributed by atoms with Crippen LogP contribution in [0.15, 0.2) is 42.5 Å². The number of esters is 1. The van der Waals surface area contributed by atoms with Crippen molar-refractivity contribution in [3.8, 4) is 6.07 Å². The molecule has 0 unspecified atom stereocenters. The van der Waals surface area contributed by atoms with Gasteiger partial charge in [-0.25, -0.2) is 4.79 Å². The number of anilines is 1. The van der Waals surface area contributed by atoms with Gasteiger partial charge in [0.25, 0.3) is 5.91 Å². The molecule has 3 rings (SSSR count). The Labute approximate surface area is 189 Å². The predicted octanol–water partition coefficient (Wildman–Crippen LogP) is 4.52. The van der Waals surface area contributed by atoms with Gasteiger partial charge in [0.1, 0.15) is 11.6 Å². The normalized spacial score (nSPS) is 10.4. The van der Waals surface area contributed by atoms with Crippen LogP contribution in [0.4, 0.5) is 5.69 Å². The summed E-state index contributed by atoms with van der Waals surface area (Å²) in [5, 5.41) is 16.7. The van der Waals surface area contributed by atoms with Gasteiger partial charge in [0, 0.05) is 10.7 Å². The van der Waals surface area contributed by atoms with Gasteiger partial charge in [0.15, 0.2) is 6.61 Å². The van der Waals surface area contributed by atoms with Gasteiger partial charge in [-0.2, -0.15) is 10.4 Å². The molecule has 3 aromatic rings. The Balaban J connectivity index is 1.65. The molecule has 1 heterocycles. The highest BCUT2D eigenvalue weighted by Gasteiger charge is 2.21. The molecule has 0 spiro atoms. The number of ether oxygens (including phenoxy) is 1. The molecule has 0 aliphatic rings. The topological polar surface area (TPSA) is 97.0 Å². The number of rotatable bonds is 6. The molecule has 158 valence electrons. The second-order valence-electron chi connectivity index (χ2n) is 6.73. The highest BCUT2D eigenvalue weighted by atomic mass is 35.5. The molecular weight excluding hydrogens is 439 g/mol. The maximum Gasteiger partial charge on any atom is 0.342 e. The Morgan fingerprint density at radius 3 is 2.58 bits per heavy atom. The van der Waals surface area contributed by atoms with E-state index in [0.29, 0.717) is 39.8 Å². The number of aromatic nitrogens is 2. The molecule has 0 saturated heterocycles. The lowest BCUT2D eigenvalue weighted by Gasteiger charge is -2.09. The molecule has 0 radical (unpaired) electrons. The Bertz CT molecular complexity index is 1200. The van der Waals surface area contributed by atoms with Gasteiger partial charge < -0.3 is 10.1 Å². The van der Waals surface area contributed by atoms with Crippen LogP contribution in [-0.4, -0.2) is 28.3 Å². The minimum absolute atomic E-state index is 0.217. The summed E-state index contributed by atoms with van der Waals surface area (Å²) in [6.07, 6.45) is 0. The highest BCUT2D eigenvalue weighted by Crippen LogP contribution is 2.21. The Morgan fingerprint density at radius 2 is 1.90 bits per heavy atom. The number of halogens is 2. The van der Waals surface area contributed by atoms with Crippen LogP contribution < -0.4 is 5.32 Å². The van der Waals surface area contributed by atoms with Gasteiger partial charge in [0.05, 0.1) is 28.5 Å². The fourth-order valence-electron chi connectivity index (χ4n) is 3.02.